The molecule has 0 N–H and O–H groups in total. The molecule has 0 spiro atoms. The van der Waals surface area contributed by atoms with Gasteiger partial charge in [0.2, 0.25) is 0 Å². The summed E-state index contributed by atoms with van der Waals surface area (Å²) < 4.78 is 34.9. The molecular weight excluding hydrogens is 544 g/mol. The highest BCUT2D eigenvalue weighted by Crippen LogP contribution is 2.36. The Labute approximate surface area is 248 Å². The van der Waals surface area contributed by atoms with E-state index in [1.165, 1.54) is 23.2 Å². The van der Waals surface area contributed by atoms with Crippen molar-refractivity contribution in [3.8, 4) is 0 Å². The van der Waals surface area contributed by atoms with Crippen LogP contribution in [-0.4, -0.2) is 86.9 Å². The molecule has 0 saturated heterocycles. The van der Waals surface area contributed by atoms with Gasteiger partial charge in [0.15, 0.2) is 0 Å². The fourth-order valence-electron chi connectivity index (χ4n) is 4.65. The molecule has 0 aliphatic carbocycles. The van der Waals surface area contributed by atoms with E-state index >= 15 is 0 Å². The highest BCUT2D eigenvalue weighted by atomic mass is 35.5. The molecule has 0 aliphatic heterocycles. The Kier molecular flexibility index (Phi) is 18.7. The maximum atomic E-state index is 6.83. The number of unbranched alkanes of at least 4 members (excludes halogenated alkanes) is 3. The topological polar surface area (TPSA) is 55.4 Å². The van der Waals surface area contributed by atoms with Gasteiger partial charge in [0.25, 0.3) is 8.32 Å². The molecular formula is C32H51ClO6Si. The molecule has 0 atom stereocenters. The van der Waals surface area contributed by atoms with Crippen molar-refractivity contribution >= 4 is 30.3 Å². The summed E-state index contributed by atoms with van der Waals surface area (Å²) in [5.41, 5.74) is 0. The van der Waals surface area contributed by atoms with Crippen molar-refractivity contribution in [3.63, 3.8) is 0 Å². The first-order chi connectivity index (χ1) is 19.5. The predicted molar refractivity (Wildman–Crippen MR) is 167 cm³/mol. The van der Waals surface area contributed by atoms with Crippen LogP contribution in [0.1, 0.15) is 46.5 Å². The fraction of sp³-hybridized carbons (Fsp3) is 0.625. The molecule has 40 heavy (non-hydrogen) atoms. The summed E-state index contributed by atoms with van der Waals surface area (Å²) in [6.07, 6.45) is 4.52. The van der Waals surface area contributed by atoms with E-state index in [0.29, 0.717) is 66.1 Å². The van der Waals surface area contributed by atoms with Crippen LogP contribution in [-0.2, 0) is 28.1 Å². The lowest BCUT2D eigenvalue weighted by Gasteiger charge is -2.43. The molecule has 2 aromatic carbocycles. The van der Waals surface area contributed by atoms with Crippen molar-refractivity contribution in [2.75, 3.05) is 78.6 Å². The maximum Gasteiger partial charge on any atom is 0.261 e. The Hall–Kier alpha value is -1.29. The number of hydrogen-bond acceptors (Lipinski definition) is 6. The molecule has 8 heteroatoms. The summed E-state index contributed by atoms with van der Waals surface area (Å²) in [6.45, 7) is 13.2. The maximum absolute atomic E-state index is 6.83. The van der Waals surface area contributed by atoms with Crippen LogP contribution < -0.4 is 10.4 Å². The van der Waals surface area contributed by atoms with Crippen molar-refractivity contribution < 1.29 is 28.1 Å². The van der Waals surface area contributed by atoms with E-state index < -0.39 is 8.32 Å². The minimum absolute atomic E-state index is 0.0399. The summed E-state index contributed by atoms with van der Waals surface area (Å²) >= 11 is 5.67. The summed E-state index contributed by atoms with van der Waals surface area (Å²) in [4.78, 5) is 0. The Balaban J connectivity index is 1.52. The van der Waals surface area contributed by atoms with Crippen LogP contribution in [0, 0.1) is 0 Å². The Morgan fingerprint density at radius 1 is 0.500 bits per heavy atom. The summed E-state index contributed by atoms with van der Waals surface area (Å²) in [5, 5.41) is 2.52. The van der Waals surface area contributed by atoms with Gasteiger partial charge in [-0.3, -0.25) is 0 Å². The molecule has 0 bridgehead atoms. The van der Waals surface area contributed by atoms with E-state index in [2.05, 4.69) is 81.4 Å². The first kappa shape index (κ1) is 34.9. The monoisotopic (exact) mass is 594 g/mol. The van der Waals surface area contributed by atoms with Crippen LogP contribution in [0.3, 0.4) is 0 Å². The van der Waals surface area contributed by atoms with E-state index in [4.69, 9.17) is 39.7 Å². The van der Waals surface area contributed by atoms with Crippen molar-refractivity contribution in [3.05, 3.63) is 60.7 Å². The Morgan fingerprint density at radius 3 is 1.27 bits per heavy atom. The molecule has 0 unspecified atom stereocenters. The van der Waals surface area contributed by atoms with Gasteiger partial charge >= 0.3 is 0 Å². The summed E-state index contributed by atoms with van der Waals surface area (Å²) in [7, 11) is -2.51. The molecule has 0 aromatic heterocycles. The van der Waals surface area contributed by atoms with Gasteiger partial charge in [-0.15, -0.1) is 11.6 Å². The second kappa shape index (κ2) is 21.4. The van der Waals surface area contributed by atoms with Crippen LogP contribution in [0.5, 0.6) is 0 Å². The largest absolute Gasteiger partial charge is 0.405 e. The average molecular weight is 595 g/mol. The zero-order valence-corrected chi connectivity index (χ0v) is 26.7. The first-order valence-electron chi connectivity index (χ1n) is 14.7. The van der Waals surface area contributed by atoms with Gasteiger partial charge in [0, 0.05) is 12.5 Å². The van der Waals surface area contributed by atoms with Gasteiger partial charge in [0.1, 0.15) is 0 Å². The normalized spacial score (nSPS) is 12.2. The molecule has 0 amide bonds. The lowest BCUT2D eigenvalue weighted by molar-refractivity contribution is -0.0130. The fourth-order valence-corrected chi connectivity index (χ4v) is 9.38. The number of benzene rings is 2. The van der Waals surface area contributed by atoms with Crippen molar-refractivity contribution in [2.45, 2.75) is 51.5 Å². The van der Waals surface area contributed by atoms with Gasteiger partial charge in [0.05, 0.1) is 66.1 Å². The van der Waals surface area contributed by atoms with Gasteiger partial charge in [-0.05, 0) is 28.3 Å². The van der Waals surface area contributed by atoms with Crippen LogP contribution in [0.25, 0.3) is 0 Å². The van der Waals surface area contributed by atoms with Crippen molar-refractivity contribution in [1.29, 1.82) is 0 Å². The minimum atomic E-state index is -2.51. The second-order valence-corrected chi connectivity index (χ2v) is 15.4. The molecule has 2 rings (SSSR count). The van der Waals surface area contributed by atoms with Gasteiger partial charge < -0.3 is 28.1 Å². The number of hydrogen-bond donors (Lipinski definition) is 0. The number of ether oxygens (including phenoxy) is 5. The Morgan fingerprint density at radius 2 is 0.875 bits per heavy atom. The number of rotatable bonds is 24. The average Bonchev–Trinajstić information content (AvgIpc) is 2.96. The highest BCUT2D eigenvalue weighted by molar-refractivity contribution is 6.99. The summed E-state index contributed by atoms with van der Waals surface area (Å²) in [6, 6.07) is 21.3. The smallest absolute Gasteiger partial charge is 0.261 e. The van der Waals surface area contributed by atoms with Crippen LogP contribution in [0.15, 0.2) is 60.7 Å². The summed E-state index contributed by atoms with van der Waals surface area (Å²) in [5.74, 6) is 0.749. The third-order valence-electron chi connectivity index (χ3n) is 6.62. The van der Waals surface area contributed by atoms with E-state index in [1.807, 2.05) is 0 Å². The molecule has 0 radical (unpaired) electrons. The first-order valence-corrected chi connectivity index (χ1v) is 17.2. The van der Waals surface area contributed by atoms with Gasteiger partial charge in [-0.1, -0.05) is 94.3 Å². The standard InChI is InChI=1S/C32H51ClO6Si/c1-32(2,3)40(30-14-8-6-9-15-30,31-16-10-7-11-17-31)39-29-28-38-27-26-37-25-24-36-23-22-35-21-20-34-19-13-5-4-12-18-33/h6-11,14-17H,4-5,12-13,18-29H2,1-3H3. The van der Waals surface area contributed by atoms with E-state index in [0.717, 1.165) is 25.3 Å². The molecule has 0 saturated carbocycles. The SMILES string of the molecule is CC(C)(C)[Si](OCCOCCOCCOCCOCCOCCCCCCCl)(c1ccccc1)c1ccccc1. The predicted octanol–water partition coefficient (Wildman–Crippen LogP) is 5.45. The molecule has 0 aliphatic rings. The third-order valence-corrected chi connectivity index (χ3v) is 11.9. The zero-order valence-electron chi connectivity index (χ0n) is 24.9. The van der Waals surface area contributed by atoms with E-state index in [-0.39, 0.29) is 5.04 Å². The van der Waals surface area contributed by atoms with E-state index in [9.17, 15) is 0 Å². The molecule has 2 aromatic rings. The van der Waals surface area contributed by atoms with Gasteiger partial charge in [-0.2, -0.15) is 0 Å². The molecule has 0 heterocycles. The lowest BCUT2D eigenvalue weighted by Crippen LogP contribution is -2.66. The molecule has 226 valence electrons. The quantitative estimate of drug-likeness (QED) is 0.0916. The van der Waals surface area contributed by atoms with Crippen LogP contribution in [0.2, 0.25) is 5.04 Å². The number of halogens is 1. The van der Waals surface area contributed by atoms with E-state index in [1.54, 1.807) is 0 Å². The molecule has 6 nitrogen and oxygen atoms in total. The van der Waals surface area contributed by atoms with Crippen LogP contribution in [0.4, 0.5) is 0 Å². The highest BCUT2D eigenvalue weighted by Gasteiger charge is 2.49. The third kappa shape index (κ3) is 13.1. The zero-order chi connectivity index (χ0) is 28.8. The van der Waals surface area contributed by atoms with Crippen LogP contribution >= 0.6 is 11.6 Å². The second-order valence-electron chi connectivity index (χ2n) is 10.7. The lowest BCUT2D eigenvalue weighted by atomic mass is 10.2. The van der Waals surface area contributed by atoms with Gasteiger partial charge in [-0.25, -0.2) is 0 Å². The van der Waals surface area contributed by atoms with Crippen molar-refractivity contribution in [1.82, 2.24) is 0 Å². The number of alkyl halides is 1. The van der Waals surface area contributed by atoms with Crippen molar-refractivity contribution in [2.24, 2.45) is 0 Å². The Bertz CT molecular complexity index is 810. The minimum Gasteiger partial charge on any atom is -0.405 e. The molecule has 0 fully saturated rings.